The standard InChI is InChI=1S/C13H12O2/c1-15-12-7-5-10(6-8-12)13-4-2-3-11(13)9-14/h2-9,13H,1H3. The Bertz CT molecular complexity index is 413. The summed E-state index contributed by atoms with van der Waals surface area (Å²) >= 11 is 0. The molecule has 0 aliphatic heterocycles. The molecule has 15 heavy (non-hydrogen) atoms. The van der Waals surface area contributed by atoms with Gasteiger partial charge in [0.05, 0.1) is 7.11 Å². The predicted molar refractivity (Wildman–Crippen MR) is 59.0 cm³/mol. The number of carbonyl (C=O) groups is 1. The zero-order valence-electron chi connectivity index (χ0n) is 8.51. The van der Waals surface area contributed by atoms with Gasteiger partial charge in [-0.25, -0.2) is 0 Å². The lowest BCUT2D eigenvalue weighted by Gasteiger charge is -2.10. The highest BCUT2D eigenvalue weighted by atomic mass is 16.5. The van der Waals surface area contributed by atoms with Crippen molar-refractivity contribution in [2.75, 3.05) is 7.11 Å². The van der Waals surface area contributed by atoms with Gasteiger partial charge in [0.2, 0.25) is 0 Å². The molecule has 76 valence electrons. The fourth-order valence-corrected chi connectivity index (χ4v) is 1.72. The van der Waals surface area contributed by atoms with E-state index >= 15 is 0 Å². The first-order chi connectivity index (χ1) is 7.35. The van der Waals surface area contributed by atoms with Gasteiger partial charge in [0, 0.05) is 11.5 Å². The van der Waals surface area contributed by atoms with E-state index in [1.54, 1.807) is 7.11 Å². The van der Waals surface area contributed by atoms with Gasteiger partial charge in [-0.1, -0.05) is 30.4 Å². The third-order valence-electron chi connectivity index (χ3n) is 2.56. The normalized spacial score (nSPS) is 18.7. The second-order valence-electron chi connectivity index (χ2n) is 3.42. The molecule has 1 aliphatic rings. The Kier molecular flexibility index (Phi) is 2.68. The van der Waals surface area contributed by atoms with Gasteiger partial charge in [0.25, 0.3) is 0 Å². The zero-order chi connectivity index (χ0) is 10.7. The van der Waals surface area contributed by atoms with Crippen molar-refractivity contribution in [1.82, 2.24) is 0 Å². The highest BCUT2D eigenvalue weighted by Gasteiger charge is 2.15. The SMILES string of the molecule is COc1ccc(C2C=CC=C2C=O)cc1. The molecule has 1 unspecified atom stereocenters. The molecule has 0 heterocycles. The van der Waals surface area contributed by atoms with Gasteiger partial charge in [-0.05, 0) is 17.7 Å². The molecule has 0 N–H and O–H groups in total. The third-order valence-corrected chi connectivity index (χ3v) is 2.56. The minimum atomic E-state index is 0.105. The molecule has 0 radical (unpaired) electrons. The number of benzene rings is 1. The Morgan fingerprint density at radius 3 is 2.60 bits per heavy atom. The third kappa shape index (κ3) is 1.84. The first-order valence-electron chi connectivity index (χ1n) is 4.82. The molecule has 0 saturated carbocycles. The first kappa shape index (κ1) is 9.71. The summed E-state index contributed by atoms with van der Waals surface area (Å²) in [6, 6.07) is 7.78. The molecule has 0 fully saturated rings. The van der Waals surface area contributed by atoms with Crippen LogP contribution >= 0.6 is 0 Å². The average Bonchev–Trinajstić information content (AvgIpc) is 2.77. The minimum Gasteiger partial charge on any atom is -0.497 e. The molecule has 1 aromatic rings. The summed E-state index contributed by atoms with van der Waals surface area (Å²) in [5.41, 5.74) is 1.92. The smallest absolute Gasteiger partial charge is 0.146 e. The van der Waals surface area contributed by atoms with Gasteiger partial charge >= 0.3 is 0 Å². The minimum absolute atomic E-state index is 0.105. The van der Waals surface area contributed by atoms with E-state index in [9.17, 15) is 4.79 Å². The number of methoxy groups -OCH3 is 1. The summed E-state index contributed by atoms with van der Waals surface area (Å²) in [5, 5.41) is 0. The second kappa shape index (κ2) is 4.13. The van der Waals surface area contributed by atoms with Gasteiger partial charge in [0.15, 0.2) is 0 Å². The monoisotopic (exact) mass is 200 g/mol. The number of allylic oxidation sites excluding steroid dienone is 4. The number of aldehydes is 1. The first-order valence-corrected chi connectivity index (χ1v) is 4.82. The second-order valence-corrected chi connectivity index (χ2v) is 3.42. The molecule has 1 aliphatic carbocycles. The van der Waals surface area contributed by atoms with Gasteiger partial charge in [0.1, 0.15) is 12.0 Å². The van der Waals surface area contributed by atoms with Gasteiger partial charge in [-0.3, -0.25) is 4.79 Å². The molecule has 0 saturated heterocycles. The van der Waals surface area contributed by atoms with Crippen LogP contribution in [0.3, 0.4) is 0 Å². The molecule has 0 bridgehead atoms. The molecule has 2 nitrogen and oxygen atoms in total. The quantitative estimate of drug-likeness (QED) is 0.700. The van der Waals surface area contributed by atoms with E-state index in [1.165, 1.54) is 0 Å². The summed E-state index contributed by atoms with van der Waals surface area (Å²) in [4.78, 5) is 10.8. The van der Waals surface area contributed by atoms with Crippen LogP contribution in [-0.4, -0.2) is 13.4 Å². The van der Waals surface area contributed by atoms with E-state index < -0.39 is 0 Å². The summed E-state index contributed by atoms with van der Waals surface area (Å²) in [5.74, 6) is 0.936. The molecule has 0 aromatic heterocycles. The van der Waals surface area contributed by atoms with Crippen molar-refractivity contribution in [3.8, 4) is 5.75 Å². The van der Waals surface area contributed by atoms with E-state index in [0.717, 1.165) is 23.2 Å². The van der Waals surface area contributed by atoms with E-state index in [4.69, 9.17) is 4.74 Å². The van der Waals surface area contributed by atoms with Crippen LogP contribution in [0.4, 0.5) is 0 Å². The van der Waals surface area contributed by atoms with Crippen LogP contribution < -0.4 is 4.74 Å². The van der Waals surface area contributed by atoms with Crippen molar-refractivity contribution in [1.29, 1.82) is 0 Å². The molecule has 2 rings (SSSR count). The Balaban J connectivity index is 2.26. The van der Waals surface area contributed by atoms with Crippen molar-refractivity contribution in [3.63, 3.8) is 0 Å². The van der Waals surface area contributed by atoms with Gasteiger partial charge in [-0.2, -0.15) is 0 Å². The fraction of sp³-hybridized carbons (Fsp3) is 0.154. The zero-order valence-corrected chi connectivity index (χ0v) is 8.51. The van der Waals surface area contributed by atoms with Gasteiger partial charge in [-0.15, -0.1) is 0 Å². The lowest BCUT2D eigenvalue weighted by atomic mass is 9.95. The highest BCUT2D eigenvalue weighted by molar-refractivity contribution is 5.79. The maximum atomic E-state index is 10.8. The van der Waals surface area contributed by atoms with Crippen LogP contribution in [0.2, 0.25) is 0 Å². The van der Waals surface area contributed by atoms with Crippen LogP contribution in [0.5, 0.6) is 5.75 Å². The maximum absolute atomic E-state index is 10.8. The van der Waals surface area contributed by atoms with E-state index in [0.29, 0.717) is 0 Å². The Labute approximate surface area is 88.9 Å². The number of hydrogen-bond donors (Lipinski definition) is 0. The van der Waals surface area contributed by atoms with Crippen molar-refractivity contribution in [2.24, 2.45) is 0 Å². The number of rotatable bonds is 3. The molecule has 1 atom stereocenters. The van der Waals surface area contributed by atoms with Gasteiger partial charge < -0.3 is 4.74 Å². The lowest BCUT2D eigenvalue weighted by molar-refractivity contribution is -0.105. The van der Waals surface area contributed by atoms with Crippen LogP contribution in [0.25, 0.3) is 0 Å². The lowest BCUT2D eigenvalue weighted by Crippen LogP contribution is -1.97. The highest BCUT2D eigenvalue weighted by Crippen LogP contribution is 2.29. The van der Waals surface area contributed by atoms with E-state index in [2.05, 4.69) is 0 Å². The van der Waals surface area contributed by atoms with Crippen molar-refractivity contribution >= 4 is 6.29 Å². The number of carbonyl (C=O) groups excluding carboxylic acids is 1. The van der Waals surface area contributed by atoms with E-state index in [1.807, 2.05) is 42.5 Å². The maximum Gasteiger partial charge on any atom is 0.146 e. The predicted octanol–water partition coefficient (Wildman–Crippen LogP) is 2.47. The van der Waals surface area contributed by atoms with Crippen LogP contribution in [0, 0.1) is 0 Å². The molecular weight excluding hydrogens is 188 g/mol. The topological polar surface area (TPSA) is 26.3 Å². The van der Waals surface area contributed by atoms with Crippen LogP contribution in [0.1, 0.15) is 11.5 Å². The molecular formula is C13H12O2. The van der Waals surface area contributed by atoms with E-state index in [-0.39, 0.29) is 5.92 Å². The molecule has 1 aromatic carbocycles. The Hall–Kier alpha value is -1.83. The molecule has 0 spiro atoms. The summed E-state index contributed by atoms with van der Waals surface area (Å²) in [6.45, 7) is 0. The fourth-order valence-electron chi connectivity index (χ4n) is 1.72. The molecule has 2 heteroatoms. The summed E-state index contributed by atoms with van der Waals surface area (Å²) in [7, 11) is 1.64. The van der Waals surface area contributed by atoms with Crippen molar-refractivity contribution < 1.29 is 9.53 Å². The van der Waals surface area contributed by atoms with Crippen molar-refractivity contribution in [3.05, 3.63) is 53.6 Å². The number of ether oxygens (including phenoxy) is 1. The Morgan fingerprint density at radius 1 is 1.27 bits per heavy atom. The summed E-state index contributed by atoms with van der Waals surface area (Å²) < 4.78 is 5.08. The molecule has 0 amide bonds. The van der Waals surface area contributed by atoms with Crippen molar-refractivity contribution in [2.45, 2.75) is 5.92 Å². The summed E-state index contributed by atoms with van der Waals surface area (Å²) in [6.07, 6.45) is 6.70. The largest absolute Gasteiger partial charge is 0.497 e. The van der Waals surface area contributed by atoms with Crippen LogP contribution in [-0.2, 0) is 4.79 Å². The average molecular weight is 200 g/mol. The Morgan fingerprint density at radius 2 is 2.00 bits per heavy atom. The number of hydrogen-bond acceptors (Lipinski definition) is 2. The van der Waals surface area contributed by atoms with Crippen LogP contribution in [0.15, 0.2) is 48.1 Å².